The van der Waals surface area contributed by atoms with E-state index in [0.29, 0.717) is 0 Å². The zero-order chi connectivity index (χ0) is 9.38. The summed E-state index contributed by atoms with van der Waals surface area (Å²) in [6.45, 7) is 3.60. The monoisotopic (exact) mass is 186 g/mol. The van der Waals surface area contributed by atoms with Crippen molar-refractivity contribution in [1.82, 2.24) is 9.88 Å². The highest BCUT2D eigenvalue weighted by Crippen LogP contribution is 2.17. The second-order valence-electron chi connectivity index (χ2n) is 4.01. The Kier molecular flexibility index (Phi) is 1.81. The standard InChI is InChI=1S/C12H14N2/c1-2-5-12-10(4-1)8-11(13-12)9-14-6-3-7-14/h1-2,4-5,8,13H,3,6-7,9H2. The lowest BCUT2D eigenvalue weighted by molar-refractivity contribution is 0.171. The van der Waals surface area contributed by atoms with Gasteiger partial charge in [0, 0.05) is 17.8 Å². The summed E-state index contributed by atoms with van der Waals surface area (Å²) in [5, 5.41) is 1.32. The van der Waals surface area contributed by atoms with Gasteiger partial charge in [-0.05, 0) is 37.0 Å². The van der Waals surface area contributed by atoms with Gasteiger partial charge in [0.05, 0.1) is 0 Å². The van der Waals surface area contributed by atoms with Crippen LogP contribution in [0.25, 0.3) is 10.9 Å². The second-order valence-corrected chi connectivity index (χ2v) is 4.01. The lowest BCUT2D eigenvalue weighted by atomic mass is 10.2. The molecule has 0 atom stereocenters. The Morgan fingerprint density at radius 3 is 2.79 bits per heavy atom. The molecular weight excluding hydrogens is 172 g/mol. The van der Waals surface area contributed by atoms with Crippen molar-refractivity contribution >= 4 is 10.9 Å². The van der Waals surface area contributed by atoms with E-state index >= 15 is 0 Å². The van der Waals surface area contributed by atoms with Gasteiger partial charge in [-0.2, -0.15) is 0 Å². The largest absolute Gasteiger partial charge is 0.357 e. The number of fused-ring (bicyclic) bond motifs is 1. The topological polar surface area (TPSA) is 19.0 Å². The third kappa shape index (κ3) is 1.32. The average molecular weight is 186 g/mol. The minimum atomic E-state index is 1.08. The summed E-state index contributed by atoms with van der Waals surface area (Å²) in [5.74, 6) is 0. The van der Waals surface area contributed by atoms with Gasteiger partial charge in [-0.3, -0.25) is 4.90 Å². The highest BCUT2D eigenvalue weighted by atomic mass is 15.2. The number of rotatable bonds is 2. The Hall–Kier alpha value is -1.28. The number of H-pyrrole nitrogens is 1. The smallest absolute Gasteiger partial charge is 0.0456 e. The fourth-order valence-corrected chi connectivity index (χ4v) is 2.00. The van der Waals surface area contributed by atoms with Crippen LogP contribution >= 0.6 is 0 Å². The van der Waals surface area contributed by atoms with Crippen LogP contribution in [0.4, 0.5) is 0 Å². The first-order valence-corrected chi connectivity index (χ1v) is 5.21. The molecule has 0 aliphatic carbocycles. The molecule has 1 aromatic heterocycles. The van der Waals surface area contributed by atoms with Crippen LogP contribution < -0.4 is 0 Å². The molecule has 1 saturated heterocycles. The highest BCUT2D eigenvalue weighted by Gasteiger charge is 2.14. The number of para-hydroxylation sites is 1. The number of nitrogens with one attached hydrogen (secondary N) is 1. The van der Waals surface area contributed by atoms with Crippen LogP contribution in [0.2, 0.25) is 0 Å². The minimum Gasteiger partial charge on any atom is -0.357 e. The number of aromatic nitrogens is 1. The number of aromatic amines is 1. The fraction of sp³-hybridized carbons (Fsp3) is 0.333. The summed E-state index contributed by atoms with van der Waals surface area (Å²) in [7, 11) is 0. The molecule has 1 aromatic carbocycles. The number of hydrogen-bond donors (Lipinski definition) is 1. The molecule has 1 aliphatic rings. The molecule has 1 N–H and O–H groups in total. The van der Waals surface area contributed by atoms with E-state index in [-0.39, 0.29) is 0 Å². The Bertz CT molecular complexity index is 407. The molecule has 2 heteroatoms. The van der Waals surface area contributed by atoms with E-state index < -0.39 is 0 Å². The maximum Gasteiger partial charge on any atom is 0.0456 e. The zero-order valence-electron chi connectivity index (χ0n) is 8.16. The SMILES string of the molecule is c1ccc2[nH]c(CN3CCC3)cc2c1. The first-order valence-electron chi connectivity index (χ1n) is 5.21. The molecule has 2 aromatic rings. The quantitative estimate of drug-likeness (QED) is 0.763. The number of likely N-dealkylation sites (tertiary alicyclic amines) is 1. The maximum atomic E-state index is 3.45. The average Bonchev–Trinajstić information content (AvgIpc) is 2.53. The third-order valence-corrected chi connectivity index (χ3v) is 2.93. The molecule has 2 nitrogen and oxygen atoms in total. The van der Waals surface area contributed by atoms with Crippen LogP contribution in [-0.2, 0) is 6.54 Å². The minimum absolute atomic E-state index is 1.08. The summed E-state index contributed by atoms with van der Waals surface area (Å²) in [6.07, 6.45) is 1.36. The first kappa shape index (κ1) is 8.06. The molecule has 0 saturated carbocycles. The van der Waals surface area contributed by atoms with Crippen molar-refractivity contribution in [2.24, 2.45) is 0 Å². The Morgan fingerprint density at radius 2 is 2.07 bits per heavy atom. The molecule has 3 rings (SSSR count). The number of hydrogen-bond acceptors (Lipinski definition) is 1. The van der Waals surface area contributed by atoms with Crippen molar-refractivity contribution in [3.05, 3.63) is 36.0 Å². The molecule has 0 unspecified atom stereocenters. The molecule has 14 heavy (non-hydrogen) atoms. The van der Waals surface area contributed by atoms with Crippen LogP contribution in [0.1, 0.15) is 12.1 Å². The Balaban J connectivity index is 1.89. The molecule has 2 heterocycles. The van der Waals surface area contributed by atoms with E-state index in [1.54, 1.807) is 0 Å². The lowest BCUT2D eigenvalue weighted by Gasteiger charge is -2.29. The third-order valence-electron chi connectivity index (χ3n) is 2.93. The van der Waals surface area contributed by atoms with Gasteiger partial charge in [0.25, 0.3) is 0 Å². The van der Waals surface area contributed by atoms with E-state index in [0.717, 1.165) is 6.54 Å². The van der Waals surface area contributed by atoms with Gasteiger partial charge in [0.2, 0.25) is 0 Å². The predicted molar refractivity (Wildman–Crippen MR) is 58.2 cm³/mol. The van der Waals surface area contributed by atoms with Gasteiger partial charge >= 0.3 is 0 Å². The van der Waals surface area contributed by atoms with Gasteiger partial charge < -0.3 is 4.98 Å². The summed E-state index contributed by atoms with van der Waals surface area (Å²) in [6, 6.07) is 10.7. The highest BCUT2D eigenvalue weighted by molar-refractivity contribution is 5.80. The fourth-order valence-electron chi connectivity index (χ4n) is 2.00. The maximum absolute atomic E-state index is 3.45. The predicted octanol–water partition coefficient (Wildman–Crippen LogP) is 2.37. The molecule has 72 valence electrons. The summed E-state index contributed by atoms with van der Waals surface area (Å²) < 4.78 is 0. The van der Waals surface area contributed by atoms with E-state index in [1.165, 1.54) is 36.1 Å². The van der Waals surface area contributed by atoms with Gasteiger partial charge in [-0.15, -0.1) is 0 Å². The van der Waals surface area contributed by atoms with Crippen LogP contribution in [0.5, 0.6) is 0 Å². The molecule has 1 fully saturated rings. The molecular formula is C12H14N2. The molecule has 0 amide bonds. The van der Waals surface area contributed by atoms with E-state index in [9.17, 15) is 0 Å². The first-order chi connectivity index (χ1) is 6.92. The van der Waals surface area contributed by atoms with Crippen LogP contribution in [0.3, 0.4) is 0 Å². The van der Waals surface area contributed by atoms with Crippen molar-refractivity contribution in [2.45, 2.75) is 13.0 Å². The van der Waals surface area contributed by atoms with Crippen molar-refractivity contribution < 1.29 is 0 Å². The number of nitrogens with zero attached hydrogens (tertiary/aromatic N) is 1. The van der Waals surface area contributed by atoms with Gasteiger partial charge in [0.15, 0.2) is 0 Å². The molecule has 1 aliphatic heterocycles. The normalized spacial score (nSPS) is 17.1. The second kappa shape index (κ2) is 3.14. The molecule has 0 radical (unpaired) electrons. The zero-order valence-corrected chi connectivity index (χ0v) is 8.16. The van der Waals surface area contributed by atoms with Gasteiger partial charge in [-0.25, -0.2) is 0 Å². The molecule has 0 spiro atoms. The van der Waals surface area contributed by atoms with Gasteiger partial charge in [0.1, 0.15) is 0 Å². The van der Waals surface area contributed by atoms with E-state index in [2.05, 4.69) is 40.2 Å². The number of benzene rings is 1. The van der Waals surface area contributed by atoms with Crippen LogP contribution in [0, 0.1) is 0 Å². The summed E-state index contributed by atoms with van der Waals surface area (Å²) >= 11 is 0. The van der Waals surface area contributed by atoms with E-state index in [4.69, 9.17) is 0 Å². The van der Waals surface area contributed by atoms with Crippen LogP contribution in [-0.4, -0.2) is 23.0 Å². The van der Waals surface area contributed by atoms with Gasteiger partial charge in [-0.1, -0.05) is 18.2 Å². The summed E-state index contributed by atoms with van der Waals surface area (Å²) in [4.78, 5) is 5.92. The Morgan fingerprint density at radius 1 is 1.21 bits per heavy atom. The van der Waals surface area contributed by atoms with Crippen molar-refractivity contribution in [1.29, 1.82) is 0 Å². The van der Waals surface area contributed by atoms with Crippen LogP contribution in [0.15, 0.2) is 30.3 Å². The van der Waals surface area contributed by atoms with Crippen molar-refractivity contribution in [3.8, 4) is 0 Å². The van der Waals surface area contributed by atoms with Crippen molar-refractivity contribution in [3.63, 3.8) is 0 Å². The summed E-state index contributed by atoms with van der Waals surface area (Å²) in [5.41, 5.74) is 2.59. The van der Waals surface area contributed by atoms with Crippen molar-refractivity contribution in [2.75, 3.05) is 13.1 Å². The van der Waals surface area contributed by atoms with E-state index in [1.807, 2.05) is 0 Å². The Labute approximate surface area is 83.5 Å². The molecule has 0 bridgehead atoms. The lowest BCUT2D eigenvalue weighted by Crippen LogP contribution is -2.36.